The molecule has 1 amide bonds. The van der Waals surface area contributed by atoms with Crippen LogP contribution >= 0.6 is 0 Å². The number of aromatic nitrogens is 2. The van der Waals surface area contributed by atoms with Crippen LogP contribution in [0.1, 0.15) is 17.3 Å². The Hall–Kier alpha value is -2.18. The molecule has 0 radical (unpaired) electrons. The number of aliphatic hydroxyl groups is 2. The first kappa shape index (κ1) is 16.2. The zero-order valence-corrected chi connectivity index (χ0v) is 12.8. The average Bonchev–Trinajstić information content (AvgIpc) is 3.08. The molecule has 2 rings (SSSR count). The van der Waals surface area contributed by atoms with Gasteiger partial charge in [0.2, 0.25) is 0 Å². The monoisotopic (exact) mass is 303 g/mol. The van der Waals surface area contributed by atoms with Crippen molar-refractivity contribution in [2.75, 3.05) is 26.8 Å². The Bertz CT molecular complexity index is 604. The van der Waals surface area contributed by atoms with Crippen LogP contribution in [0.15, 0.2) is 42.9 Å². The van der Waals surface area contributed by atoms with Gasteiger partial charge in [0.1, 0.15) is 5.82 Å². The molecule has 0 atom stereocenters. The van der Waals surface area contributed by atoms with Gasteiger partial charge >= 0.3 is 0 Å². The van der Waals surface area contributed by atoms with E-state index in [2.05, 4.69) is 4.98 Å². The van der Waals surface area contributed by atoms with Gasteiger partial charge in [-0.3, -0.25) is 4.79 Å². The molecule has 0 bridgehead atoms. The molecule has 22 heavy (non-hydrogen) atoms. The molecule has 0 aliphatic carbocycles. The van der Waals surface area contributed by atoms with E-state index in [-0.39, 0.29) is 25.7 Å². The Morgan fingerprint density at radius 3 is 2.41 bits per heavy atom. The van der Waals surface area contributed by atoms with Gasteiger partial charge in [-0.25, -0.2) is 4.98 Å². The smallest absolute Gasteiger partial charge is 0.255 e. The lowest BCUT2D eigenvalue weighted by atomic mass is 9.92. The van der Waals surface area contributed by atoms with E-state index in [0.29, 0.717) is 5.56 Å². The molecule has 0 aliphatic heterocycles. The second-order valence-corrected chi connectivity index (χ2v) is 5.78. The molecule has 0 saturated heterocycles. The van der Waals surface area contributed by atoms with Crippen molar-refractivity contribution in [3.05, 3.63) is 48.4 Å². The highest BCUT2D eigenvalue weighted by Crippen LogP contribution is 2.17. The van der Waals surface area contributed by atoms with Crippen LogP contribution in [-0.2, 0) is 0 Å². The minimum Gasteiger partial charge on any atom is -0.396 e. The molecule has 6 heteroatoms. The average molecular weight is 303 g/mol. The number of carbonyl (C=O) groups is 1. The summed E-state index contributed by atoms with van der Waals surface area (Å²) in [5.74, 6) is 0.541. The summed E-state index contributed by atoms with van der Waals surface area (Å²) in [6, 6.07) is 7.30. The van der Waals surface area contributed by atoms with Crippen molar-refractivity contribution in [1.29, 1.82) is 0 Å². The van der Waals surface area contributed by atoms with Crippen molar-refractivity contribution >= 4 is 5.91 Å². The van der Waals surface area contributed by atoms with E-state index in [1.807, 2.05) is 29.1 Å². The number of amides is 1. The van der Waals surface area contributed by atoms with Gasteiger partial charge in [-0.05, 0) is 24.3 Å². The summed E-state index contributed by atoms with van der Waals surface area (Å²) in [5.41, 5.74) is -0.250. The zero-order chi connectivity index (χ0) is 16.2. The first-order valence-corrected chi connectivity index (χ1v) is 7.06. The van der Waals surface area contributed by atoms with E-state index in [9.17, 15) is 15.0 Å². The highest BCUT2D eigenvalue weighted by atomic mass is 16.3. The lowest BCUT2D eigenvalue weighted by Crippen LogP contribution is -2.41. The van der Waals surface area contributed by atoms with Crippen molar-refractivity contribution in [2.24, 2.45) is 5.41 Å². The first-order valence-electron chi connectivity index (χ1n) is 7.06. The van der Waals surface area contributed by atoms with Crippen molar-refractivity contribution in [1.82, 2.24) is 14.5 Å². The second-order valence-electron chi connectivity index (χ2n) is 5.78. The summed E-state index contributed by atoms with van der Waals surface area (Å²) in [6.45, 7) is 1.61. The highest BCUT2D eigenvalue weighted by molar-refractivity contribution is 5.93. The quantitative estimate of drug-likeness (QED) is 0.832. The van der Waals surface area contributed by atoms with Crippen LogP contribution in [0.2, 0.25) is 0 Å². The molecular formula is C16H21N3O3. The normalized spacial score (nSPS) is 11.5. The molecule has 2 heterocycles. The maximum atomic E-state index is 12.4. The summed E-state index contributed by atoms with van der Waals surface area (Å²) in [7, 11) is 1.64. The first-order chi connectivity index (χ1) is 10.5. The SMILES string of the molecule is CN(CC(C)(CO)CO)C(=O)c1ccc(-n2cccc2)nc1. The predicted molar refractivity (Wildman–Crippen MR) is 82.8 cm³/mol. The molecule has 0 saturated carbocycles. The Morgan fingerprint density at radius 1 is 1.27 bits per heavy atom. The van der Waals surface area contributed by atoms with Crippen LogP contribution in [0.5, 0.6) is 0 Å². The fraction of sp³-hybridized carbons (Fsp3) is 0.375. The summed E-state index contributed by atoms with van der Waals surface area (Å²) < 4.78 is 1.85. The number of aliphatic hydroxyl groups excluding tert-OH is 2. The summed E-state index contributed by atoms with van der Waals surface area (Å²) in [6.07, 6.45) is 5.29. The van der Waals surface area contributed by atoms with Crippen LogP contribution in [-0.4, -0.2) is 57.4 Å². The fourth-order valence-electron chi connectivity index (χ4n) is 2.17. The number of hydrogen-bond donors (Lipinski definition) is 2. The van der Waals surface area contributed by atoms with Crippen LogP contribution < -0.4 is 0 Å². The van der Waals surface area contributed by atoms with Gasteiger partial charge in [-0.15, -0.1) is 0 Å². The summed E-state index contributed by atoms with van der Waals surface area (Å²) in [4.78, 5) is 18.1. The molecule has 2 aromatic heterocycles. The predicted octanol–water partition coefficient (Wildman–Crippen LogP) is 0.935. The standard InChI is InChI=1S/C16H21N3O3/c1-16(11-20,12-21)10-18(2)15(22)13-5-6-14(17-9-13)19-7-3-4-8-19/h3-9,20-21H,10-12H2,1-2H3. The Kier molecular flexibility index (Phi) is 4.95. The number of nitrogens with zero attached hydrogens (tertiary/aromatic N) is 3. The van der Waals surface area contributed by atoms with Crippen LogP contribution in [0, 0.1) is 5.41 Å². The van der Waals surface area contributed by atoms with Crippen LogP contribution in [0.4, 0.5) is 0 Å². The zero-order valence-electron chi connectivity index (χ0n) is 12.8. The minimum absolute atomic E-state index is 0.189. The molecule has 0 spiro atoms. The van der Waals surface area contributed by atoms with Crippen molar-refractivity contribution in [2.45, 2.75) is 6.92 Å². The molecule has 0 fully saturated rings. The maximum absolute atomic E-state index is 12.4. The van der Waals surface area contributed by atoms with E-state index in [1.165, 1.54) is 11.1 Å². The van der Waals surface area contributed by atoms with E-state index in [1.54, 1.807) is 26.1 Å². The maximum Gasteiger partial charge on any atom is 0.255 e. The Labute approximate surface area is 129 Å². The largest absolute Gasteiger partial charge is 0.396 e. The van der Waals surface area contributed by atoms with Crippen LogP contribution in [0.3, 0.4) is 0 Å². The van der Waals surface area contributed by atoms with E-state index < -0.39 is 5.41 Å². The number of hydrogen-bond acceptors (Lipinski definition) is 4. The molecular weight excluding hydrogens is 282 g/mol. The lowest BCUT2D eigenvalue weighted by molar-refractivity contribution is 0.0366. The third-order valence-corrected chi connectivity index (χ3v) is 3.59. The minimum atomic E-state index is -0.719. The lowest BCUT2D eigenvalue weighted by Gasteiger charge is -2.30. The van der Waals surface area contributed by atoms with E-state index in [4.69, 9.17) is 0 Å². The fourth-order valence-corrected chi connectivity index (χ4v) is 2.17. The Balaban J connectivity index is 2.09. The summed E-state index contributed by atoms with van der Waals surface area (Å²) >= 11 is 0. The van der Waals surface area contributed by atoms with Crippen LogP contribution in [0.25, 0.3) is 5.82 Å². The topological polar surface area (TPSA) is 78.6 Å². The van der Waals surface area contributed by atoms with Gasteiger partial charge < -0.3 is 19.7 Å². The summed E-state index contributed by atoms with van der Waals surface area (Å²) in [5, 5.41) is 18.6. The molecule has 2 N–H and O–H groups in total. The van der Waals surface area contributed by atoms with Gasteiger partial charge in [-0.1, -0.05) is 6.92 Å². The number of rotatable bonds is 6. The molecule has 0 unspecified atom stereocenters. The molecule has 0 aliphatic rings. The van der Waals surface area contributed by atoms with Gasteiger partial charge in [0.25, 0.3) is 5.91 Å². The van der Waals surface area contributed by atoms with Crippen molar-refractivity contribution < 1.29 is 15.0 Å². The number of carbonyl (C=O) groups excluding carboxylic acids is 1. The van der Waals surface area contributed by atoms with Crippen molar-refractivity contribution in [3.8, 4) is 5.82 Å². The third kappa shape index (κ3) is 3.52. The van der Waals surface area contributed by atoms with E-state index >= 15 is 0 Å². The third-order valence-electron chi connectivity index (χ3n) is 3.59. The molecule has 0 aromatic carbocycles. The molecule has 2 aromatic rings. The molecule has 6 nitrogen and oxygen atoms in total. The van der Waals surface area contributed by atoms with Gasteiger partial charge in [-0.2, -0.15) is 0 Å². The Morgan fingerprint density at radius 2 is 1.91 bits per heavy atom. The highest BCUT2D eigenvalue weighted by Gasteiger charge is 2.27. The van der Waals surface area contributed by atoms with Gasteiger partial charge in [0.15, 0.2) is 0 Å². The van der Waals surface area contributed by atoms with Gasteiger partial charge in [0, 0.05) is 37.6 Å². The van der Waals surface area contributed by atoms with Gasteiger partial charge in [0.05, 0.1) is 18.8 Å². The van der Waals surface area contributed by atoms with E-state index in [0.717, 1.165) is 5.82 Å². The van der Waals surface area contributed by atoms with Crippen molar-refractivity contribution in [3.63, 3.8) is 0 Å². The number of pyridine rings is 1. The second kappa shape index (κ2) is 6.72. The molecule has 118 valence electrons.